The van der Waals surface area contributed by atoms with Gasteiger partial charge in [0.1, 0.15) is 6.04 Å². The van der Waals surface area contributed by atoms with Gasteiger partial charge < -0.3 is 10.6 Å². The maximum absolute atomic E-state index is 12.0. The van der Waals surface area contributed by atoms with Gasteiger partial charge in [0, 0.05) is 24.3 Å². The molecule has 2 heterocycles. The van der Waals surface area contributed by atoms with E-state index < -0.39 is 0 Å². The van der Waals surface area contributed by atoms with Crippen LogP contribution in [0.5, 0.6) is 0 Å². The quantitative estimate of drug-likeness (QED) is 0.863. The van der Waals surface area contributed by atoms with Crippen LogP contribution in [0.3, 0.4) is 0 Å². The Labute approximate surface area is 118 Å². The number of nitrogens with one attached hydrogen (secondary N) is 2. The molecule has 1 atom stereocenters. The molecule has 1 aromatic heterocycles. The van der Waals surface area contributed by atoms with E-state index in [1.54, 1.807) is 0 Å². The fourth-order valence-corrected chi connectivity index (χ4v) is 2.72. The fourth-order valence-electron chi connectivity index (χ4n) is 2.72. The van der Waals surface area contributed by atoms with Crippen LogP contribution < -0.4 is 10.6 Å². The van der Waals surface area contributed by atoms with Gasteiger partial charge >= 0.3 is 0 Å². The molecule has 0 bridgehead atoms. The van der Waals surface area contributed by atoms with Crippen molar-refractivity contribution in [1.82, 2.24) is 20.4 Å². The van der Waals surface area contributed by atoms with E-state index in [-0.39, 0.29) is 11.9 Å². The Bertz CT molecular complexity index is 633. The lowest BCUT2D eigenvalue weighted by atomic mass is 10.0. The van der Waals surface area contributed by atoms with Crippen molar-refractivity contribution in [2.75, 3.05) is 13.1 Å². The first-order valence-electron chi connectivity index (χ1n) is 6.81. The third-order valence-electron chi connectivity index (χ3n) is 3.67. The molecule has 1 aliphatic rings. The smallest absolute Gasteiger partial charge is 0.241 e. The summed E-state index contributed by atoms with van der Waals surface area (Å²) in [5.41, 5.74) is 3.88. The van der Waals surface area contributed by atoms with Gasteiger partial charge in [-0.05, 0) is 26.0 Å². The highest BCUT2D eigenvalue weighted by Gasteiger charge is 2.29. The normalized spacial score (nSPS) is 18.9. The summed E-state index contributed by atoms with van der Waals surface area (Å²) in [5, 5.41) is 10.7. The molecule has 20 heavy (non-hydrogen) atoms. The molecule has 1 saturated heterocycles. The largest absolute Gasteiger partial charge is 0.353 e. The third-order valence-corrected chi connectivity index (χ3v) is 3.67. The molecule has 1 aromatic carbocycles. The Balaban J connectivity index is 2.05. The van der Waals surface area contributed by atoms with Crippen molar-refractivity contribution in [3.8, 4) is 5.69 Å². The van der Waals surface area contributed by atoms with E-state index in [0.29, 0.717) is 6.54 Å². The molecule has 1 aliphatic heterocycles. The topological polar surface area (TPSA) is 59.0 Å². The molecule has 5 heteroatoms. The monoisotopic (exact) mass is 270 g/mol. The molecule has 0 unspecified atom stereocenters. The van der Waals surface area contributed by atoms with Gasteiger partial charge in [0.2, 0.25) is 5.91 Å². The zero-order valence-electron chi connectivity index (χ0n) is 11.7. The maximum atomic E-state index is 12.0. The van der Waals surface area contributed by atoms with Crippen LogP contribution in [0.15, 0.2) is 30.3 Å². The van der Waals surface area contributed by atoms with Crippen molar-refractivity contribution in [2.45, 2.75) is 19.9 Å². The SMILES string of the molecule is Cc1nn(-c2ccccc2)c(C)c1[C@H]1NCCNC1=O. The van der Waals surface area contributed by atoms with Crippen LogP contribution in [0.1, 0.15) is 23.0 Å². The zero-order valence-corrected chi connectivity index (χ0v) is 11.7. The van der Waals surface area contributed by atoms with E-state index in [1.807, 2.05) is 48.9 Å². The number of carbonyl (C=O) groups excluding carboxylic acids is 1. The number of hydrogen-bond acceptors (Lipinski definition) is 3. The number of carbonyl (C=O) groups is 1. The van der Waals surface area contributed by atoms with Crippen LogP contribution >= 0.6 is 0 Å². The molecular weight excluding hydrogens is 252 g/mol. The molecule has 2 N–H and O–H groups in total. The Hall–Kier alpha value is -2.14. The van der Waals surface area contributed by atoms with Crippen LogP contribution in [0.4, 0.5) is 0 Å². The average Bonchev–Trinajstić information content (AvgIpc) is 2.76. The highest BCUT2D eigenvalue weighted by atomic mass is 16.2. The number of para-hydroxylation sites is 1. The minimum atomic E-state index is -0.304. The lowest BCUT2D eigenvalue weighted by Crippen LogP contribution is -2.47. The second-order valence-electron chi connectivity index (χ2n) is 5.01. The molecule has 5 nitrogen and oxygen atoms in total. The number of piperazine rings is 1. The summed E-state index contributed by atoms with van der Waals surface area (Å²) in [6.45, 7) is 5.42. The Morgan fingerprint density at radius 3 is 2.65 bits per heavy atom. The molecule has 0 aliphatic carbocycles. The summed E-state index contributed by atoms with van der Waals surface area (Å²) >= 11 is 0. The molecular formula is C15H18N4O. The second kappa shape index (κ2) is 5.09. The molecule has 2 aromatic rings. The highest BCUT2D eigenvalue weighted by molar-refractivity contribution is 5.84. The van der Waals surface area contributed by atoms with Gasteiger partial charge in [-0.25, -0.2) is 4.68 Å². The third kappa shape index (κ3) is 2.10. The van der Waals surface area contributed by atoms with Gasteiger partial charge in [0.05, 0.1) is 11.4 Å². The number of rotatable bonds is 2. The minimum absolute atomic E-state index is 0.0232. The number of nitrogens with zero attached hydrogens (tertiary/aromatic N) is 2. The highest BCUT2D eigenvalue weighted by Crippen LogP contribution is 2.25. The summed E-state index contributed by atoms with van der Waals surface area (Å²) in [7, 11) is 0. The van der Waals surface area contributed by atoms with Crippen molar-refractivity contribution in [2.24, 2.45) is 0 Å². The first kappa shape index (κ1) is 12.9. The van der Waals surface area contributed by atoms with E-state index in [1.165, 1.54) is 0 Å². The number of aromatic nitrogens is 2. The zero-order chi connectivity index (χ0) is 14.1. The van der Waals surface area contributed by atoms with Gasteiger partial charge in [0.15, 0.2) is 0 Å². The predicted octanol–water partition coefficient (Wildman–Crippen LogP) is 1.25. The molecule has 0 spiro atoms. The van der Waals surface area contributed by atoms with Crippen molar-refractivity contribution < 1.29 is 4.79 Å². The van der Waals surface area contributed by atoms with E-state index in [0.717, 1.165) is 29.2 Å². The first-order valence-corrected chi connectivity index (χ1v) is 6.81. The van der Waals surface area contributed by atoms with E-state index in [4.69, 9.17) is 0 Å². The summed E-state index contributed by atoms with van der Waals surface area (Å²) in [6, 6.07) is 9.66. The van der Waals surface area contributed by atoms with Crippen LogP contribution in [0, 0.1) is 13.8 Å². The maximum Gasteiger partial charge on any atom is 0.241 e. The molecule has 0 radical (unpaired) electrons. The lowest BCUT2D eigenvalue weighted by molar-refractivity contribution is -0.124. The van der Waals surface area contributed by atoms with Crippen LogP contribution in [0.25, 0.3) is 5.69 Å². The van der Waals surface area contributed by atoms with E-state index >= 15 is 0 Å². The van der Waals surface area contributed by atoms with Gasteiger partial charge in [-0.1, -0.05) is 18.2 Å². The van der Waals surface area contributed by atoms with Gasteiger partial charge in [-0.2, -0.15) is 5.10 Å². The number of amides is 1. The van der Waals surface area contributed by atoms with Gasteiger partial charge in [0.25, 0.3) is 0 Å². The van der Waals surface area contributed by atoms with Gasteiger partial charge in [-0.3, -0.25) is 4.79 Å². The Kier molecular flexibility index (Phi) is 3.28. The Morgan fingerprint density at radius 2 is 1.95 bits per heavy atom. The Morgan fingerprint density at radius 1 is 1.20 bits per heavy atom. The number of benzene rings is 1. The molecule has 1 fully saturated rings. The number of aryl methyl sites for hydroxylation is 1. The van der Waals surface area contributed by atoms with Crippen LogP contribution in [0.2, 0.25) is 0 Å². The van der Waals surface area contributed by atoms with Crippen molar-refractivity contribution >= 4 is 5.91 Å². The summed E-state index contributed by atoms with van der Waals surface area (Å²) < 4.78 is 1.90. The second-order valence-corrected chi connectivity index (χ2v) is 5.01. The van der Waals surface area contributed by atoms with Gasteiger partial charge in [-0.15, -0.1) is 0 Å². The molecule has 104 valence electrons. The molecule has 1 amide bonds. The van der Waals surface area contributed by atoms with Crippen LogP contribution in [-0.2, 0) is 4.79 Å². The lowest BCUT2D eigenvalue weighted by Gasteiger charge is -2.24. The van der Waals surface area contributed by atoms with E-state index in [9.17, 15) is 4.79 Å². The van der Waals surface area contributed by atoms with Crippen molar-refractivity contribution in [3.63, 3.8) is 0 Å². The summed E-state index contributed by atoms with van der Waals surface area (Å²) in [6.07, 6.45) is 0. The van der Waals surface area contributed by atoms with Crippen molar-refractivity contribution in [1.29, 1.82) is 0 Å². The van der Waals surface area contributed by atoms with Crippen LogP contribution in [-0.4, -0.2) is 28.8 Å². The molecule has 0 saturated carbocycles. The summed E-state index contributed by atoms with van der Waals surface area (Å²) in [4.78, 5) is 12.0. The minimum Gasteiger partial charge on any atom is -0.353 e. The summed E-state index contributed by atoms with van der Waals surface area (Å²) in [5.74, 6) is 0.0232. The van der Waals surface area contributed by atoms with E-state index in [2.05, 4.69) is 15.7 Å². The standard InChI is InChI=1S/C15H18N4O/c1-10-13(14-15(20)17-9-8-16-14)11(2)19(18-10)12-6-4-3-5-7-12/h3-7,14,16H,8-9H2,1-2H3,(H,17,20)/t14-/m1/s1. The number of hydrogen-bond donors (Lipinski definition) is 2. The first-order chi connectivity index (χ1) is 9.68. The fraction of sp³-hybridized carbons (Fsp3) is 0.333. The average molecular weight is 270 g/mol. The molecule has 3 rings (SSSR count). The van der Waals surface area contributed by atoms with Crippen molar-refractivity contribution in [3.05, 3.63) is 47.3 Å². The predicted molar refractivity (Wildman–Crippen MR) is 76.8 cm³/mol.